The summed E-state index contributed by atoms with van der Waals surface area (Å²) in [4.78, 5) is 39.0. The van der Waals surface area contributed by atoms with Crippen molar-refractivity contribution in [2.24, 2.45) is 17.6 Å². The molecule has 2 aliphatic rings. The largest absolute Gasteiger partial charge is 0.342 e. The summed E-state index contributed by atoms with van der Waals surface area (Å²) in [6.45, 7) is 2.94. The number of nitrogens with two attached hydrogens (primary N) is 1. The Morgan fingerprint density at radius 2 is 1.85 bits per heavy atom. The number of rotatable bonds is 9. The zero-order valence-corrected chi connectivity index (χ0v) is 20.1. The number of benzene rings is 1. The summed E-state index contributed by atoms with van der Waals surface area (Å²) >= 11 is 0. The summed E-state index contributed by atoms with van der Waals surface area (Å²) in [7, 11) is -4.25. The van der Waals surface area contributed by atoms with Crippen LogP contribution in [0.3, 0.4) is 0 Å². The highest BCUT2D eigenvalue weighted by Gasteiger charge is 2.30. The van der Waals surface area contributed by atoms with Crippen molar-refractivity contribution in [3.63, 3.8) is 0 Å². The molecule has 2 saturated heterocycles. The molecule has 34 heavy (non-hydrogen) atoms. The van der Waals surface area contributed by atoms with Crippen LogP contribution in [0.4, 0.5) is 0 Å². The van der Waals surface area contributed by atoms with Gasteiger partial charge in [-0.3, -0.25) is 14.4 Å². The monoisotopic (exact) mass is 494 g/mol. The van der Waals surface area contributed by atoms with E-state index in [1.54, 1.807) is 11.0 Å². The van der Waals surface area contributed by atoms with Crippen molar-refractivity contribution in [2.45, 2.75) is 56.0 Å². The van der Waals surface area contributed by atoms with Crippen LogP contribution in [0, 0.1) is 11.8 Å². The lowest BCUT2D eigenvalue weighted by molar-refractivity contribution is -0.136. The predicted molar refractivity (Wildman–Crippen MR) is 125 cm³/mol. The van der Waals surface area contributed by atoms with E-state index in [4.69, 9.17) is 5.73 Å². The van der Waals surface area contributed by atoms with Crippen molar-refractivity contribution < 1.29 is 27.0 Å². The third-order valence-corrected chi connectivity index (χ3v) is 7.57. The third kappa shape index (κ3) is 7.78. The van der Waals surface area contributed by atoms with Crippen LogP contribution >= 0.6 is 0 Å². The summed E-state index contributed by atoms with van der Waals surface area (Å²) in [5.41, 5.74) is 5.85. The van der Waals surface area contributed by atoms with E-state index < -0.39 is 34.6 Å². The average molecular weight is 495 g/mol. The lowest BCUT2D eigenvalue weighted by atomic mass is 9.92. The van der Waals surface area contributed by atoms with E-state index in [2.05, 4.69) is 14.8 Å². The Hall–Kier alpha value is -2.50. The van der Waals surface area contributed by atoms with Crippen LogP contribution in [0.15, 0.2) is 35.2 Å². The molecule has 188 valence electrons. The number of nitrogens with one attached hydrogen (secondary N) is 2. The van der Waals surface area contributed by atoms with Crippen LogP contribution in [0.1, 0.15) is 44.9 Å². The van der Waals surface area contributed by atoms with E-state index in [-0.39, 0.29) is 16.7 Å². The van der Waals surface area contributed by atoms with E-state index in [0.717, 1.165) is 32.4 Å². The molecule has 0 bridgehead atoms. The van der Waals surface area contributed by atoms with Gasteiger partial charge in [-0.05, 0) is 63.2 Å². The van der Waals surface area contributed by atoms with Gasteiger partial charge in [-0.15, -0.1) is 0 Å². The normalized spacial score (nSPS) is 20.4. The maximum Gasteiger partial charge on any atom is 0.341 e. The molecule has 2 unspecified atom stereocenters. The second kappa shape index (κ2) is 12.3. The topological polar surface area (TPSA) is 148 Å². The highest BCUT2D eigenvalue weighted by atomic mass is 32.2. The van der Waals surface area contributed by atoms with Gasteiger partial charge in [-0.1, -0.05) is 18.2 Å². The van der Waals surface area contributed by atoms with Crippen molar-refractivity contribution in [2.75, 3.05) is 26.2 Å². The Morgan fingerprint density at radius 3 is 2.56 bits per heavy atom. The smallest absolute Gasteiger partial charge is 0.341 e. The molecule has 4 N–H and O–H groups in total. The second-order valence-electron chi connectivity index (χ2n) is 8.95. The highest BCUT2D eigenvalue weighted by Crippen LogP contribution is 2.22. The molecule has 0 radical (unpaired) electrons. The molecule has 0 saturated carbocycles. The Balaban J connectivity index is 1.43. The number of hydrogen-bond acceptors (Lipinski definition) is 8. The van der Waals surface area contributed by atoms with Gasteiger partial charge >= 0.3 is 16.1 Å². The van der Waals surface area contributed by atoms with Gasteiger partial charge in [0.25, 0.3) is 0 Å². The first-order chi connectivity index (χ1) is 16.2. The number of carbonyl (C=O) groups is 3. The number of nitrogens with zero attached hydrogens (tertiary/aromatic N) is 1. The second-order valence-corrected chi connectivity index (χ2v) is 10.5. The van der Waals surface area contributed by atoms with Crippen molar-refractivity contribution in [1.82, 2.24) is 15.5 Å². The van der Waals surface area contributed by atoms with E-state index in [1.165, 1.54) is 24.3 Å². The van der Waals surface area contributed by atoms with Gasteiger partial charge in [0.2, 0.25) is 11.8 Å². The minimum Gasteiger partial charge on any atom is -0.342 e. The number of piperidine rings is 2. The fourth-order valence-electron chi connectivity index (χ4n) is 4.40. The SMILES string of the molecule is NC(CC(=O)OS(=O)(=O)c1ccccc1)NC(=O)C1CCCN(C(=O)CCC2CCNCC2)C1. The Kier molecular flexibility index (Phi) is 9.43. The third-order valence-electron chi connectivity index (χ3n) is 6.32. The summed E-state index contributed by atoms with van der Waals surface area (Å²) in [5, 5.41) is 5.87. The molecular weight excluding hydrogens is 460 g/mol. The molecule has 2 aliphatic heterocycles. The van der Waals surface area contributed by atoms with Gasteiger partial charge in [0.15, 0.2) is 0 Å². The molecule has 0 spiro atoms. The molecule has 0 aromatic heterocycles. The van der Waals surface area contributed by atoms with Crippen LogP contribution in [0.2, 0.25) is 0 Å². The molecule has 2 atom stereocenters. The van der Waals surface area contributed by atoms with Crippen molar-refractivity contribution in [3.8, 4) is 0 Å². The first-order valence-corrected chi connectivity index (χ1v) is 13.2. The number of amides is 2. The average Bonchev–Trinajstić information content (AvgIpc) is 2.83. The molecule has 0 aliphatic carbocycles. The Bertz CT molecular complexity index is 949. The summed E-state index contributed by atoms with van der Waals surface area (Å²) in [5.74, 6) is -1.21. The van der Waals surface area contributed by atoms with Crippen LogP contribution in [-0.4, -0.2) is 63.4 Å². The quantitative estimate of drug-likeness (QED) is 0.336. The van der Waals surface area contributed by atoms with Crippen LogP contribution in [0.25, 0.3) is 0 Å². The van der Waals surface area contributed by atoms with Gasteiger partial charge in [-0.25, -0.2) is 0 Å². The highest BCUT2D eigenvalue weighted by molar-refractivity contribution is 7.87. The van der Waals surface area contributed by atoms with Crippen molar-refractivity contribution in [1.29, 1.82) is 0 Å². The predicted octanol–water partition coefficient (Wildman–Crippen LogP) is 0.728. The molecular formula is C23H34N4O6S. The van der Waals surface area contributed by atoms with Crippen molar-refractivity contribution >= 4 is 27.9 Å². The molecule has 10 nitrogen and oxygen atoms in total. The fraction of sp³-hybridized carbons (Fsp3) is 0.609. The number of carbonyl (C=O) groups excluding carboxylic acids is 3. The van der Waals surface area contributed by atoms with E-state index >= 15 is 0 Å². The molecule has 11 heteroatoms. The van der Waals surface area contributed by atoms with Gasteiger partial charge < -0.3 is 25.5 Å². The standard InChI is InChI=1S/C23H34N4O6S/c24-20(15-22(29)33-34(31,32)19-6-2-1-3-7-19)26-23(30)18-5-4-14-27(16-18)21(28)9-8-17-10-12-25-13-11-17/h1-3,6-7,17-18,20,25H,4-5,8-16,24H2,(H,26,30). The van der Waals surface area contributed by atoms with Crippen molar-refractivity contribution in [3.05, 3.63) is 30.3 Å². The van der Waals surface area contributed by atoms with Crippen LogP contribution in [0.5, 0.6) is 0 Å². The van der Waals surface area contributed by atoms with Gasteiger partial charge in [0, 0.05) is 19.5 Å². The molecule has 3 rings (SSSR count). The molecule has 2 heterocycles. The minimum atomic E-state index is -4.25. The summed E-state index contributed by atoms with van der Waals surface area (Å²) in [6, 6.07) is 7.29. The maximum absolute atomic E-state index is 12.7. The van der Waals surface area contributed by atoms with E-state index in [0.29, 0.717) is 38.3 Å². The number of hydrogen-bond donors (Lipinski definition) is 3. The lowest BCUT2D eigenvalue weighted by Gasteiger charge is -2.33. The fourth-order valence-corrected chi connectivity index (χ4v) is 5.30. The summed E-state index contributed by atoms with van der Waals surface area (Å²) in [6.07, 6.45) is 3.26. The molecule has 2 amide bonds. The lowest BCUT2D eigenvalue weighted by Crippen LogP contribution is -2.50. The summed E-state index contributed by atoms with van der Waals surface area (Å²) < 4.78 is 28.9. The van der Waals surface area contributed by atoms with Gasteiger partial charge in [0.05, 0.1) is 18.5 Å². The van der Waals surface area contributed by atoms with Crippen LogP contribution < -0.4 is 16.4 Å². The van der Waals surface area contributed by atoms with Gasteiger partial charge in [0.1, 0.15) is 4.90 Å². The molecule has 1 aromatic carbocycles. The first kappa shape index (κ1) is 26.1. The maximum atomic E-state index is 12.7. The van der Waals surface area contributed by atoms with E-state index in [1.807, 2.05) is 0 Å². The van der Waals surface area contributed by atoms with Gasteiger partial charge in [-0.2, -0.15) is 8.42 Å². The minimum absolute atomic E-state index is 0.0648. The Labute approximate surface area is 200 Å². The molecule has 1 aromatic rings. The Morgan fingerprint density at radius 1 is 1.15 bits per heavy atom. The number of likely N-dealkylation sites (tertiary alicyclic amines) is 1. The first-order valence-electron chi connectivity index (χ1n) is 11.8. The zero-order chi connectivity index (χ0) is 24.6. The zero-order valence-electron chi connectivity index (χ0n) is 19.3. The van der Waals surface area contributed by atoms with E-state index in [9.17, 15) is 22.8 Å². The van der Waals surface area contributed by atoms with Crippen LogP contribution in [-0.2, 0) is 28.7 Å². The molecule has 2 fully saturated rings.